The molecule has 1 aliphatic heterocycles. The number of esters is 1. The fraction of sp³-hybridized carbons (Fsp3) is 0.478. The maximum Gasteiger partial charge on any atom is 0.342 e. The fourth-order valence-electron chi connectivity index (χ4n) is 3.93. The molecule has 0 N–H and O–H groups in total. The van der Waals surface area contributed by atoms with Crippen LogP contribution in [0.1, 0.15) is 65.7 Å². The number of benzene rings is 1. The van der Waals surface area contributed by atoms with Crippen LogP contribution in [0.25, 0.3) is 0 Å². The second kappa shape index (κ2) is 9.49. The number of hydrogen-bond acceptors (Lipinski definition) is 5. The zero-order chi connectivity index (χ0) is 22.7. The van der Waals surface area contributed by atoms with Crippen LogP contribution in [0.5, 0.6) is 0 Å². The van der Waals surface area contributed by atoms with E-state index < -0.39 is 17.6 Å². The first-order valence-electron chi connectivity index (χ1n) is 10.4. The van der Waals surface area contributed by atoms with Crippen LogP contribution in [-0.4, -0.2) is 45.9 Å². The number of likely N-dealkylation sites (tertiary alicyclic amines) is 1. The normalized spacial score (nSPS) is 14.7. The van der Waals surface area contributed by atoms with Crippen LogP contribution < -0.4 is 0 Å². The number of halogens is 2. The van der Waals surface area contributed by atoms with Crippen LogP contribution in [-0.2, 0) is 16.0 Å². The van der Waals surface area contributed by atoms with E-state index >= 15 is 0 Å². The Labute approximate surface area is 180 Å². The Morgan fingerprint density at radius 2 is 1.74 bits per heavy atom. The lowest BCUT2D eigenvalue weighted by Gasteiger charge is -2.32. The predicted octanol–water partition coefficient (Wildman–Crippen LogP) is 3.89. The van der Waals surface area contributed by atoms with Crippen molar-refractivity contribution >= 4 is 11.9 Å². The van der Waals surface area contributed by atoms with Crippen LogP contribution in [0.4, 0.5) is 8.78 Å². The Kier molecular flexibility index (Phi) is 6.97. The summed E-state index contributed by atoms with van der Waals surface area (Å²) in [6.07, 6.45) is 0.590. The molecule has 2 aromatic rings. The highest BCUT2D eigenvalue weighted by molar-refractivity contribution is 5.92. The van der Waals surface area contributed by atoms with Crippen LogP contribution in [0.2, 0.25) is 0 Å². The second-order valence-electron chi connectivity index (χ2n) is 8.10. The molecule has 166 valence electrons. The molecule has 2 heterocycles. The summed E-state index contributed by atoms with van der Waals surface area (Å²) in [7, 11) is 0. The number of carbonyl (C=O) groups excluding carboxylic acids is 2. The van der Waals surface area contributed by atoms with Gasteiger partial charge in [0.15, 0.2) is 0 Å². The van der Waals surface area contributed by atoms with E-state index in [4.69, 9.17) is 4.74 Å². The first kappa shape index (κ1) is 22.8. The molecule has 31 heavy (non-hydrogen) atoms. The van der Waals surface area contributed by atoms with Gasteiger partial charge in [-0.2, -0.15) is 0 Å². The topological polar surface area (TPSA) is 72.4 Å². The third-order valence-electron chi connectivity index (χ3n) is 5.40. The first-order chi connectivity index (χ1) is 14.7. The van der Waals surface area contributed by atoms with Crippen molar-refractivity contribution in [3.8, 4) is 0 Å². The van der Waals surface area contributed by atoms with Gasteiger partial charge in [-0.1, -0.05) is 6.07 Å². The number of ether oxygens (including phenoxy) is 1. The van der Waals surface area contributed by atoms with Crippen molar-refractivity contribution < 1.29 is 23.1 Å². The van der Waals surface area contributed by atoms with Gasteiger partial charge in [0.05, 0.1) is 23.9 Å². The molecule has 0 aliphatic carbocycles. The van der Waals surface area contributed by atoms with E-state index in [9.17, 15) is 18.4 Å². The molecule has 0 atom stereocenters. The molecule has 3 rings (SSSR count). The molecule has 1 aromatic carbocycles. The van der Waals surface area contributed by atoms with Crippen molar-refractivity contribution in [3.05, 3.63) is 58.2 Å². The number of amides is 1. The molecule has 1 aliphatic rings. The van der Waals surface area contributed by atoms with Gasteiger partial charge in [0.1, 0.15) is 23.0 Å². The fourth-order valence-corrected chi connectivity index (χ4v) is 3.93. The van der Waals surface area contributed by atoms with Crippen molar-refractivity contribution in [2.24, 2.45) is 0 Å². The summed E-state index contributed by atoms with van der Waals surface area (Å²) in [4.78, 5) is 35.7. The van der Waals surface area contributed by atoms with E-state index in [2.05, 4.69) is 9.97 Å². The zero-order valence-electron chi connectivity index (χ0n) is 18.2. The lowest BCUT2D eigenvalue weighted by molar-refractivity contribution is -0.131. The van der Waals surface area contributed by atoms with E-state index in [-0.39, 0.29) is 29.9 Å². The number of aromatic nitrogens is 2. The summed E-state index contributed by atoms with van der Waals surface area (Å²) >= 11 is 0. The van der Waals surface area contributed by atoms with Gasteiger partial charge in [-0.25, -0.2) is 23.5 Å². The third-order valence-corrected chi connectivity index (χ3v) is 5.40. The van der Waals surface area contributed by atoms with Gasteiger partial charge in [-0.3, -0.25) is 4.79 Å². The molecular formula is C23H27F2N3O3. The first-order valence-corrected chi connectivity index (χ1v) is 10.4. The van der Waals surface area contributed by atoms with Crippen molar-refractivity contribution in [1.29, 1.82) is 0 Å². The zero-order valence-corrected chi connectivity index (χ0v) is 18.2. The van der Waals surface area contributed by atoms with Gasteiger partial charge in [-0.15, -0.1) is 0 Å². The molecular weight excluding hydrogens is 404 g/mol. The Morgan fingerprint density at radius 3 is 2.32 bits per heavy atom. The molecule has 1 saturated heterocycles. The minimum atomic E-state index is -0.719. The minimum absolute atomic E-state index is 0.0376. The summed E-state index contributed by atoms with van der Waals surface area (Å²) in [5.41, 5.74) is 1.39. The molecule has 1 fully saturated rings. The van der Waals surface area contributed by atoms with E-state index in [1.165, 1.54) is 6.07 Å². The molecule has 0 radical (unpaired) electrons. The van der Waals surface area contributed by atoms with E-state index in [0.717, 1.165) is 12.1 Å². The summed E-state index contributed by atoms with van der Waals surface area (Å²) < 4.78 is 33.1. The molecule has 0 bridgehead atoms. The van der Waals surface area contributed by atoms with Crippen molar-refractivity contribution in [1.82, 2.24) is 14.9 Å². The molecule has 1 aromatic heterocycles. The van der Waals surface area contributed by atoms with E-state index in [1.54, 1.807) is 32.6 Å². The van der Waals surface area contributed by atoms with Crippen LogP contribution >= 0.6 is 0 Å². The SMILES string of the molecule is Cc1nc(C)c(C(=O)OC(C)C)c(C2CCN(C(=O)Cc3c(F)cccc3F)CC2)n1. The summed E-state index contributed by atoms with van der Waals surface area (Å²) in [5, 5.41) is 0. The van der Waals surface area contributed by atoms with E-state index in [1.807, 2.05) is 0 Å². The Balaban J connectivity index is 1.73. The monoisotopic (exact) mass is 431 g/mol. The molecule has 1 amide bonds. The number of carbonyl (C=O) groups is 2. The molecule has 0 spiro atoms. The Hall–Kier alpha value is -2.90. The van der Waals surface area contributed by atoms with E-state index in [0.29, 0.717) is 48.7 Å². The minimum Gasteiger partial charge on any atom is -0.459 e. The third kappa shape index (κ3) is 5.24. The van der Waals surface area contributed by atoms with Crippen molar-refractivity contribution in [2.45, 2.75) is 59.0 Å². The lowest BCUT2D eigenvalue weighted by atomic mass is 9.89. The van der Waals surface area contributed by atoms with Crippen molar-refractivity contribution in [3.63, 3.8) is 0 Å². The van der Waals surface area contributed by atoms with Gasteiger partial charge in [-0.05, 0) is 52.7 Å². The number of nitrogens with zero attached hydrogens (tertiary/aromatic N) is 3. The van der Waals surface area contributed by atoms with Crippen LogP contribution in [0.15, 0.2) is 18.2 Å². The largest absolute Gasteiger partial charge is 0.459 e. The van der Waals surface area contributed by atoms with Crippen LogP contribution in [0, 0.1) is 25.5 Å². The van der Waals surface area contributed by atoms with Crippen molar-refractivity contribution in [2.75, 3.05) is 13.1 Å². The highest BCUT2D eigenvalue weighted by Gasteiger charge is 2.30. The summed E-state index contributed by atoms with van der Waals surface area (Å²) in [5.74, 6) is -1.67. The smallest absolute Gasteiger partial charge is 0.342 e. The average Bonchev–Trinajstić information content (AvgIpc) is 2.69. The van der Waals surface area contributed by atoms with Gasteiger partial charge < -0.3 is 9.64 Å². The number of piperidine rings is 1. The quantitative estimate of drug-likeness (QED) is 0.672. The molecule has 6 nitrogen and oxygen atoms in total. The molecule has 0 unspecified atom stereocenters. The summed E-state index contributed by atoms with van der Waals surface area (Å²) in [6.45, 7) is 7.93. The standard InChI is InChI=1S/C23H27F2N3O3/c1-13(2)31-23(30)21-14(3)26-15(4)27-22(21)16-8-10-28(11-9-16)20(29)12-17-18(24)6-5-7-19(17)25/h5-7,13,16H,8-12H2,1-4H3. The maximum absolute atomic E-state index is 13.9. The van der Waals surface area contributed by atoms with Gasteiger partial charge >= 0.3 is 5.97 Å². The molecule has 8 heteroatoms. The second-order valence-corrected chi connectivity index (χ2v) is 8.10. The Morgan fingerprint density at radius 1 is 1.13 bits per heavy atom. The highest BCUT2D eigenvalue weighted by Crippen LogP contribution is 2.31. The number of hydrogen-bond donors (Lipinski definition) is 0. The van der Waals surface area contributed by atoms with Gasteiger partial charge in [0.2, 0.25) is 5.91 Å². The Bertz CT molecular complexity index is 966. The van der Waals surface area contributed by atoms with Gasteiger partial charge in [0, 0.05) is 24.6 Å². The molecule has 0 saturated carbocycles. The lowest BCUT2D eigenvalue weighted by Crippen LogP contribution is -2.39. The highest BCUT2D eigenvalue weighted by atomic mass is 19.1. The maximum atomic E-state index is 13.9. The number of rotatable bonds is 5. The number of aryl methyl sites for hydroxylation is 2. The van der Waals surface area contributed by atoms with Crippen LogP contribution in [0.3, 0.4) is 0 Å². The summed E-state index contributed by atoms with van der Waals surface area (Å²) in [6, 6.07) is 3.57. The average molecular weight is 431 g/mol. The van der Waals surface area contributed by atoms with Gasteiger partial charge in [0.25, 0.3) is 0 Å². The predicted molar refractivity (Wildman–Crippen MR) is 111 cm³/mol.